The number of allylic oxidation sites excluding steroid dienone is 1. The molecule has 2 aliphatic heterocycles. The Hall–Kier alpha value is -1.51. The lowest BCUT2D eigenvalue weighted by Gasteiger charge is -1.98. The van der Waals surface area contributed by atoms with Crippen molar-refractivity contribution in [3.63, 3.8) is 0 Å². The number of carbonyl (C=O) groups excluding carboxylic acids is 1. The fourth-order valence-corrected chi connectivity index (χ4v) is 1.01. The van der Waals surface area contributed by atoms with Gasteiger partial charge in [0.1, 0.15) is 11.3 Å². The molecule has 0 spiro atoms. The minimum Gasteiger partial charge on any atom is -0.468 e. The number of ether oxygens (including phenoxy) is 2. The number of carbonyl (C=O) groups is 1. The molecule has 0 amide bonds. The monoisotopic (exact) mass is 150 g/mol. The molecule has 3 heteroatoms. The first kappa shape index (κ1) is 6.22. The molecule has 0 aromatic carbocycles. The van der Waals surface area contributed by atoms with E-state index in [0.29, 0.717) is 17.8 Å². The fourth-order valence-electron chi connectivity index (χ4n) is 1.01. The highest BCUT2D eigenvalue weighted by molar-refractivity contribution is 5.94. The summed E-state index contributed by atoms with van der Waals surface area (Å²) in [4.78, 5) is 10.9. The molecule has 0 saturated carbocycles. The second-order valence-electron chi connectivity index (χ2n) is 2.24. The molecule has 0 atom stereocenters. The molecule has 0 aliphatic carbocycles. The Bertz CT molecular complexity index is 274. The summed E-state index contributed by atoms with van der Waals surface area (Å²) < 4.78 is 9.65. The number of esters is 1. The van der Waals surface area contributed by atoms with Crippen molar-refractivity contribution < 1.29 is 14.3 Å². The third kappa shape index (κ3) is 0.941. The van der Waals surface area contributed by atoms with Gasteiger partial charge < -0.3 is 9.47 Å². The lowest BCUT2D eigenvalue weighted by molar-refractivity contribution is -0.132. The van der Waals surface area contributed by atoms with Gasteiger partial charge in [0.25, 0.3) is 0 Å². The first-order valence-corrected chi connectivity index (χ1v) is 3.30. The van der Waals surface area contributed by atoms with Crippen LogP contribution in [0.2, 0.25) is 0 Å². The summed E-state index contributed by atoms with van der Waals surface area (Å²) in [5.74, 6) is 0.340. The molecule has 0 N–H and O–H groups in total. The quantitative estimate of drug-likeness (QED) is 0.385. The zero-order valence-corrected chi connectivity index (χ0v) is 5.74. The van der Waals surface area contributed by atoms with Crippen molar-refractivity contribution in [3.05, 3.63) is 36.0 Å². The zero-order chi connectivity index (χ0) is 7.68. The SMILES string of the molecule is O=C1OC=CC1=C1CC=CO1. The summed E-state index contributed by atoms with van der Waals surface area (Å²) in [6.07, 6.45) is 7.08. The van der Waals surface area contributed by atoms with Gasteiger partial charge in [0.05, 0.1) is 12.5 Å². The van der Waals surface area contributed by atoms with E-state index >= 15 is 0 Å². The molecule has 56 valence electrons. The largest absolute Gasteiger partial charge is 0.468 e. The van der Waals surface area contributed by atoms with Crippen LogP contribution < -0.4 is 0 Å². The highest BCUT2D eigenvalue weighted by Crippen LogP contribution is 2.22. The smallest absolute Gasteiger partial charge is 0.346 e. The van der Waals surface area contributed by atoms with Crippen molar-refractivity contribution in [2.24, 2.45) is 0 Å². The molecule has 0 radical (unpaired) electrons. The van der Waals surface area contributed by atoms with Crippen LogP contribution in [-0.2, 0) is 14.3 Å². The van der Waals surface area contributed by atoms with Crippen LogP contribution in [0, 0.1) is 0 Å². The van der Waals surface area contributed by atoms with Gasteiger partial charge in [-0.25, -0.2) is 4.79 Å². The lowest BCUT2D eigenvalue weighted by atomic mass is 10.2. The van der Waals surface area contributed by atoms with E-state index in [2.05, 4.69) is 4.74 Å². The van der Waals surface area contributed by atoms with E-state index in [0.717, 1.165) is 0 Å². The van der Waals surface area contributed by atoms with E-state index in [9.17, 15) is 4.79 Å². The van der Waals surface area contributed by atoms with Crippen LogP contribution in [0.1, 0.15) is 6.42 Å². The van der Waals surface area contributed by atoms with Crippen LogP contribution in [0.4, 0.5) is 0 Å². The van der Waals surface area contributed by atoms with Crippen molar-refractivity contribution >= 4 is 5.97 Å². The summed E-state index contributed by atoms with van der Waals surface area (Å²) in [5.41, 5.74) is 0.523. The molecule has 0 aromatic rings. The predicted molar refractivity (Wildman–Crippen MR) is 37.1 cm³/mol. The number of rotatable bonds is 0. The van der Waals surface area contributed by atoms with Gasteiger partial charge in [0.15, 0.2) is 0 Å². The molecule has 2 heterocycles. The Morgan fingerprint density at radius 3 is 2.73 bits per heavy atom. The molecule has 11 heavy (non-hydrogen) atoms. The minimum atomic E-state index is -0.330. The van der Waals surface area contributed by atoms with E-state index in [-0.39, 0.29) is 5.97 Å². The average molecular weight is 150 g/mol. The maximum Gasteiger partial charge on any atom is 0.346 e. The van der Waals surface area contributed by atoms with Crippen LogP contribution in [0.15, 0.2) is 36.0 Å². The molecule has 0 aromatic heterocycles. The number of cyclic esters (lactones) is 1. The topological polar surface area (TPSA) is 35.5 Å². The second kappa shape index (κ2) is 2.27. The predicted octanol–water partition coefficient (Wildman–Crippen LogP) is 1.24. The Labute approximate surface area is 63.6 Å². The van der Waals surface area contributed by atoms with Crippen molar-refractivity contribution in [2.75, 3.05) is 0 Å². The highest BCUT2D eigenvalue weighted by atomic mass is 16.5. The maximum atomic E-state index is 10.9. The van der Waals surface area contributed by atoms with Crippen LogP contribution in [0.25, 0.3) is 0 Å². The normalized spacial score (nSPS) is 27.5. The van der Waals surface area contributed by atoms with Crippen LogP contribution in [0.3, 0.4) is 0 Å². The van der Waals surface area contributed by atoms with Gasteiger partial charge in [0, 0.05) is 6.42 Å². The first-order chi connectivity index (χ1) is 5.38. The van der Waals surface area contributed by atoms with Gasteiger partial charge in [-0.2, -0.15) is 0 Å². The summed E-state index contributed by atoms with van der Waals surface area (Å²) in [7, 11) is 0. The molecule has 0 saturated heterocycles. The molecule has 0 fully saturated rings. The molecular weight excluding hydrogens is 144 g/mol. The number of hydrogen-bond donors (Lipinski definition) is 0. The molecule has 3 nitrogen and oxygen atoms in total. The first-order valence-electron chi connectivity index (χ1n) is 3.30. The summed E-state index contributed by atoms with van der Waals surface area (Å²) in [6.45, 7) is 0. The fraction of sp³-hybridized carbons (Fsp3) is 0.125. The summed E-state index contributed by atoms with van der Waals surface area (Å²) >= 11 is 0. The van der Waals surface area contributed by atoms with Gasteiger partial charge in [-0.3, -0.25) is 0 Å². The number of hydrogen-bond acceptors (Lipinski definition) is 3. The minimum absolute atomic E-state index is 0.330. The maximum absolute atomic E-state index is 10.9. The molecule has 0 unspecified atom stereocenters. The van der Waals surface area contributed by atoms with Gasteiger partial charge in [0.2, 0.25) is 0 Å². The van der Waals surface area contributed by atoms with E-state index in [1.807, 2.05) is 6.08 Å². The van der Waals surface area contributed by atoms with Crippen LogP contribution in [-0.4, -0.2) is 5.97 Å². The van der Waals surface area contributed by atoms with Crippen molar-refractivity contribution in [1.82, 2.24) is 0 Å². The zero-order valence-electron chi connectivity index (χ0n) is 5.74. The third-order valence-electron chi connectivity index (χ3n) is 1.54. The summed E-state index contributed by atoms with van der Waals surface area (Å²) in [6, 6.07) is 0. The second-order valence-corrected chi connectivity index (χ2v) is 2.24. The molecule has 2 rings (SSSR count). The highest BCUT2D eigenvalue weighted by Gasteiger charge is 2.20. The Morgan fingerprint density at radius 2 is 2.18 bits per heavy atom. The standard InChI is InChI=1S/C8H6O3/c9-8-6(3-5-11-8)7-2-1-4-10-7/h1,3-5H,2H2. The van der Waals surface area contributed by atoms with E-state index in [4.69, 9.17) is 4.74 Å². The van der Waals surface area contributed by atoms with Gasteiger partial charge in [-0.05, 0) is 12.2 Å². The lowest BCUT2D eigenvalue weighted by Crippen LogP contribution is -1.99. The van der Waals surface area contributed by atoms with Crippen LogP contribution in [0.5, 0.6) is 0 Å². The molecule has 2 aliphatic rings. The van der Waals surface area contributed by atoms with Gasteiger partial charge in [-0.1, -0.05) is 0 Å². The van der Waals surface area contributed by atoms with Gasteiger partial charge >= 0.3 is 5.97 Å². The molecule has 0 bridgehead atoms. The Kier molecular flexibility index (Phi) is 1.28. The van der Waals surface area contributed by atoms with Gasteiger partial charge in [-0.15, -0.1) is 0 Å². The van der Waals surface area contributed by atoms with Crippen molar-refractivity contribution in [1.29, 1.82) is 0 Å². The van der Waals surface area contributed by atoms with Crippen molar-refractivity contribution in [3.8, 4) is 0 Å². The van der Waals surface area contributed by atoms with Crippen LogP contribution >= 0.6 is 0 Å². The Morgan fingerprint density at radius 1 is 1.27 bits per heavy atom. The van der Waals surface area contributed by atoms with E-state index < -0.39 is 0 Å². The summed E-state index contributed by atoms with van der Waals surface area (Å²) in [5, 5.41) is 0. The average Bonchev–Trinajstić information content (AvgIpc) is 2.55. The molecular formula is C8H6O3. The van der Waals surface area contributed by atoms with Crippen molar-refractivity contribution in [2.45, 2.75) is 6.42 Å². The third-order valence-corrected chi connectivity index (χ3v) is 1.54. The van der Waals surface area contributed by atoms with E-state index in [1.54, 1.807) is 12.3 Å². The Balaban J connectivity index is 2.32. The van der Waals surface area contributed by atoms with E-state index in [1.165, 1.54) is 6.26 Å².